The summed E-state index contributed by atoms with van der Waals surface area (Å²) in [5.74, 6) is -0.251. The van der Waals surface area contributed by atoms with E-state index in [1.165, 1.54) is 4.57 Å². The molecule has 24 heavy (non-hydrogen) atoms. The number of pyridine rings is 2. The lowest BCUT2D eigenvalue weighted by Gasteiger charge is -2.23. The molecule has 1 amide bonds. The van der Waals surface area contributed by atoms with Gasteiger partial charge in [-0.15, -0.1) is 0 Å². The van der Waals surface area contributed by atoms with Crippen LogP contribution in [0.15, 0.2) is 53.5 Å². The number of hydrogen-bond acceptors (Lipinski definition) is 3. The van der Waals surface area contributed by atoms with Crippen LogP contribution in [0.25, 0.3) is 11.0 Å². The Bertz CT molecular complexity index is 1020. The number of carbonyl (C=O) groups is 1. The zero-order valence-electron chi connectivity index (χ0n) is 13.6. The number of para-hydroxylation sites is 1. The number of rotatable bonds is 1. The van der Waals surface area contributed by atoms with Gasteiger partial charge in [-0.3, -0.25) is 14.2 Å². The van der Waals surface area contributed by atoms with E-state index in [0.717, 1.165) is 23.1 Å². The van der Waals surface area contributed by atoms with Crippen molar-refractivity contribution in [2.75, 3.05) is 4.90 Å². The highest BCUT2D eigenvalue weighted by Crippen LogP contribution is 2.32. The minimum atomic E-state index is -0.317. The van der Waals surface area contributed by atoms with Gasteiger partial charge in [-0.2, -0.15) is 0 Å². The minimum Gasteiger partial charge on any atom is -0.305 e. The van der Waals surface area contributed by atoms with E-state index in [1.807, 2.05) is 37.3 Å². The van der Waals surface area contributed by atoms with Gasteiger partial charge in [0.05, 0.1) is 0 Å². The van der Waals surface area contributed by atoms with Crippen LogP contribution in [0, 0.1) is 0 Å². The van der Waals surface area contributed by atoms with Gasteiger partial charge in [-0.25, -0.2) is 4.98 Å². The van der Waals surface area contributed by atoms with E-state index >= 15 is 0 Å². The third-order valence-corrected chi connectivity index (χ3v) is 4.63. The molecule has 0 saturated heterocycles. The molecular formula is C19H17N3O2. The predicted octanol–water partition coefficient (Wildman–Crippen LogP) is 2.52. The van der Waals surface area contributed by atoms with Crippen molar-refractivity contribution in [1.82, 2.24) is 9.55 Å². The maximum Gasteiger partial charge on any atom is 0.264 e. The molecule has 0 N–H and O–H groups in total. The van der Waals surface area contributed by atoms with Gasteiger partial charge < -0.3 is 4.90 Å². The maximum atomic E-state index is 13.1. The average molecular weight is 319 g/mol. The molecule has 1 aliphatic heterocycles. The van der Waals surface area contributed by atoms with Crippen molar-refractivity contribution in [3.05, 3.63) is 70.1 Å². The third-order valence-electron chi connectivity index (χ3n) is 4.63. The number of anilines is 1. The molecule has 5 nitrogen and oxygen atoms in total. The summed E-state index contributed by atoms with van der Waals surface area (Å²) in [6, 6.07) is 13.2. The van der Waals surface area contributed by atoms with E-state index in [9.17, 15) is 9.59 Å². The molecule has 0 aliphatic carbocycles. The van der Waals surface area contributed by atoms with E-state index in [2.05, 4.69) is 4.98 Å². The molecule has 0 spiro atoms. The Labute approximate surface area is 139 Å². The summed E-state index contributed by atoms with van der Waals surface area (Å²) in [7, 11) is 1.65. The number of aryl methyl sites for hydroxylation is 1. The van der Waals surface area contributed by atoms with Gasteiger partial charge in [0.15, 0.2) is 0 Å². The van der Waals surface area contributed by atoms with Gasteiger partial charge in [0, 0.05) is 30.4 Å². The Hall–Kier alpha value is -2.95. The maximum absolute atomic E-state index is 13.1. The first-order valence-corrected chi connectivity index (χ1v) is 7.94. The average Bonchev–Trinajstić information content (AvgIpc) is 2.93. The lowest BCUT2D eigenvalue weighted by molar-refractivity contribution is 0.0979. The standard InChI is InChI=1S/C19H17N3O2/c1-12-10-13-6-3-4-8-16(13)22(12)19(24)15-11-14-7-5-9-20-17(14)21(2)18(15)23/h3-9,11-12H,10H2,1-2H3/t12-/m0/s1. The van der Waals surface area contributed by atoms with Crippen LogP contribution in [0.1, 0.15) is 22.8 Å². The lowest BCUT2D eigenvalue weighted by atomic mass is 10.1. The molecule has 1 atom stereocenters. The number of amides is 1. The monoisotopic (exact) mass is 319 g/mol. The fourth-order valence-corrected chi connectivity index (χ4v) is 3.45. The number of benzene rings is 1. The Morgan fingerprint density at radius 1 is 1.21 bits per heavy atom. The molecule has 5 heteroatoms. The van der Waals surface area contributed by atoms with Crippen molar-refractivity contribution in [2.24, 2.45) is 7.05 Å². The van der Waals surface area contributed by atoms with Crippen LogP contribution in [0.2, 0.25) is 0 Å². The summed E-state index contributed by atoms with van der Waals surface area (Å²) in [6.45, 7) is 2.00. The molecule has 0 saturated carbocycles. The molecule has 4 rings (SSSR count). The van der Waals surface area contributed by atoms with Gasteiger partial charge >= 0.3 is 0 Å². The topological polar surface area (TPSA) is 55.2 Å². The molecule has 2 aromatic heterocycles. The number of carbonyl (C=O) groups excluding carboxylic acids is 1. The van der Waals surface area contributed by atoms with Crippen LogP contribution < -0.4 is 10.5 Å². The van der Waals surface area contributed by atoms with Gasteiger partial charge in [0.1, 0.15) is 11.2 Å². The van der Waals surface area contributed by atoms with Crippen LogP contribution >= 0.6 is 0 Å². The van der Waals surface area contributed by atoms with E-state index in [0.29, 0.717) is 5.65 Å². The number of fused-ring (bicyclic) bond motifs is 2. The zero-order valence-corrected chi connectivity index (χ0v) is 13.6. The van der Waals surface area contributed by atoms with Crippen molar-refractivity contribution in [2.45, 2.75) is 19.4 Å². The second-order valence-corrected chi connectivity index (χ2v) is 6.20. The van der Waals surface area contributed by atoms with Crippen molar-refractivity contribution in [3.63, 3.8) is 0 Å². The highest BCUT2D eigenvalue weighted by Gasteiger charge is 2.32. The largest absolute Gasteiger partial charge is 0.305 e. The Kier molecular flexibility index (Phi) is 3.23. The van der Waals surface area contributed by atoms with Crippen molar-refractivity contribution < 1.29 is 4.79 Å². The number of hydrogen-bond donors (Lipinski definition) is 0. The van der Waals surface area contributed by atoms with Crippen LogP contribution in [0.4, 0.5) is 5.69 Å². The molecular weight excluding hydrogens is 302 g/mol. The summed E-state index contributed by atoms with van der Waals surface area (Å²) in [5, 5.41) is 0.781. The molecule has 1 aliphatic rings. The first kappa shape index (κ1) is 14.6. The van der Waals surface area contributed by atoms with Crippen LogP contribution in [0.5, 0.6) is 0 Å². The Morgan fingerprint density at radius 3 is 2.83 bits per heavy atom. The molecule has 0 fully saturated rings. The van der Waals surface area contributed by atoms with Crippen LogP contribution in [0.3, 0.4) is 0 Å². The smallest absolute Gasteiger partial charge is 0.264 e. The van der Waals surface area contributed by atoms with Crippen LogP contribution in [-0.4, -0.2) is 21.5 Å². The van der Waals surface area contributed by atoms with E-state index in [1.54, 1.807) is 30.3 Å². The normalized spacial score (nSPS) is 16.4. The summed E-state index contributed by atoms with van der Waals surface area (Å²) < 4.78 is 1.44. The van der Waals surface area contributed by atoms with E-state index in [-0.39, 0.29) is 23.1 Å². The summed E-state index contributed by atoms with van der Waals surface area (Å²) >= 11 is 0. The molecule has 120 valence electrons. The molecule has 3 aromatic rings. The van der Waals surface area contributed by atoms with E-state index < -0.39 is 0 Å². The summed E-state index contributed by atoms with van der Waals surface area (Å²) in [6.07, 6.45) is 2.44. The number of nitrogens with zero attached hydrogens (tertiary/aromatic N) is 3. The van der Waals surface area contributed by atoms with Gasteiger partial charge in [0.25, 0.3) is 11.5 Å². The molecule has 3 heterocycles. The predicted molar refractivity (Wildman–Crippen MR) is 93.4 cm³/mol. The van der Waals surface area contributed by atoms with E-state index in [4.69, 9.17) is 0 Å². The summed E-state index contributed by atoms with van der Waals surface area (Å²) in [4.78, 5) is 31.8. The third kappa shape index (κ3) is 2.05. The van der Waals surface area contributed by atoms with Crippen molar-refractivity contribution >= 4 is 22.6 Å². The van der Waals surface area contributed by atoms with Crippen LogP contribution in [-0.2, 0) is 13.5 Å². The van der Waals surface area contributed by atoms with Gasteiger partial charge in [-0.1, -0.05) is 18.2 Å². The Balaban J connectivity index is 1.88. The molecule has 0 bridgehead atoms. The number of aromatic nitrogens is 2. The van der Waals surface area contributed by atoms with Crippen molar-refractivity contribution in [3.8, 4) is 0 Å². The van der Waals surface area contributed by atoms with Gasteiger partial charge in [0.2, 0.25) is 0 Å². The highest BCUT2D eigenvalue weighted by molar-refractivity contribution is 6.08. The SMILES string of the molecule is C[C@H]1Cc2ccccc2N1C(=O)c1cc2cccnc2n(C)c1=O. The second-order valence-electron chi connectivity index (χ2n) is 6.20. The zero-order chi connectivity index (χ0) is 16.8. The Morgan fingerprint density at radius 2 is 2.00 bits per heavy atom. The fraction of sp³-hybridized carbons (Fsp3) is 0.211. The molecule has 1 aromatic carbocycles. The van der Waals surface area contributed by atoms with Crippen molar-refractivity contribution in [1.29, 1.82) is 0 Å². The van der Waals surface area contributed by atoms with Gasteiger partial charge in [-0.05, 0) is 43.2 Å². The highest BCUT2D eigenvalue weighted by atomic mass is 16.2. The first-order valence-electron chi connectivity index (χ1n) is 7.94. The second kappa shape index (κ2) is 5.30. The quantitative estimate of drug-likeness (QED) is 0.692. The molecule has 0 unspecified atom stereocenters. The molecule has 0 radical (unpaired) electrons. The summed E-state index contributed by atoms with van der Waals surface area (Å²) in [5.41, 5.74) is 2.47. The fourth-order valence-electron chi connectivity index (χ4n) is 3.45. The lowest BCUT2D eigenvalue weighted by Crippen LogP contribution is -2.39. The first-order chi connectivity index (χ1) is 11.6. The minimum absolute atomic E-state index is 0.0317.